The molecule has 0 N–H and O–H groups in total. The van der Waals surface area contributed by atoms with Crippen LogP contribution in [0.4, 0.5) is 5.69 Å². The summed E-state index contributed by atoms with van der Waals surface area (Å²) >= 11 is 10.7. The second kappa shape index (κ2) is 13.4. The first-order valence-corrected chi connectivity index (χ1v) is 15.7. The normalized spacial score (nSPS) is 14.5. The standard InChI is InChI=1S/C32H27BrClN3O7S/c1-5-43-31(39)27-18(3)35-32-36(28(27)21-9-6-17(2)24(15-21)37(40)41)30(38)26(45-32)14-20-12-23(33)29(25(13-20)42-4)44-16-19-7-10-22(34)11-8-19/h6-15,28H,5,16H2,1-4H3/b26-14+/t28-/m1/s1. The number of nitro benzene ring substituents is 1. The van der Waals surface area contributed by atoms with Gasteiger partial charge in [-0.05, 0) is 83.7 Å². The van der Waals surface area contributed by atoms with Gasteiger partial charge in [0.15, 0.2) is 16.3 Å². The molecule has 0 saturated carbocycles. The van der Waals surface area contributed by atoms with E-state index in [1.807, 2.05) is 12.1 Å². The van der Waals surface area contributed by atoms with Crippen molar-refractivity contribution in [3.05, 3.63) is 127 Å². The predicted octanol–water partition coefficient (Wildman–Crippen LogP) is 6.02. The summed E-state index contributed by atoms with van der Waals surface area (Å²) in [5.41, 5.74) is 2.37. The number of thiazole rings is 1. The van der Waals surface area contributed by atoms with Gasteiger partial charge in [-0.25, -0.2) is 9.79 Å². The second-order valence-electron chi connectivity index (χ2n) is 10.1. The van der Waals surface area contributed by atoms with Gasteiger partial charge in [0.05, 0.1) is 45.0 Å². The van der Waals surface area contributed by atoms with Crippen LogP contribution in [0, 0.1) is 17.0 Å². The first-order chi connectivity index (χ1) is 21.5. The molecule has 5 rings (SSSR count). The Hall–Kier alpha value is -4.26. The van der Waals surface area contributed by atoms with E-state index in [0.29, 0.717) is 52.7 Å². The number of carbonyl (C=O) groups excluding carboxylic acids is 1. The van der Waals surface area contributed by atoms with Gasteiger partial charge in [-0.2, -0.15) is 0 Å². The van der Waals surface area contributed by atoms with Crippen molar-refractivity contribution in [2.45, 2.75) is 33.4 Å². The molecule has 0 fully saturated rings. The molecule has 1 atom stereocenters. The molecule has 0 saturated heterocycles. The first kappa shape index (κ1) is 32.1. The topological polar surface area (TPSA) is 122 Å². The number of ether oxygens (including phenoxy) is 3. The summed E-state index contributed by atoms with van der Waals surface area (Å²) < 4.78 is 19.3. The molecule has 1 aliphatic rings. The molecule has 2 heterocycles. The molecule has 0 bridgehead atoms. The Morgan fingerprint density at radius 1 is 1.18 bits per heavy atom. The third-order valence-electron chi connectivity index (χ3n) is 7.11. The highest BCUT2D eigenvalue weighted by Crippen LogP contribution is 2.38. The van der Waals surface area contributed by atoms with Crippen LogP contribution in [-0.2, 0) is 16.1 Å². The van der Waals surface area contributed by atoms with Gasteiger partial charge in [-0.3, -0.25) is 19.5 Å². The number of fused-ring (bicyclic) bond motifs is 1. The number of methoxy groups -OCH3 is 1. The van der Waals surface area contributed by atoms with Gasteiger partial charge in [0, 0.05) is 16.7 Å². The molecule has 1 aromatic heterocycles. The fraction of sp³-hybridized carbons (Fsp3) is 0.219. The lowest BCUT2D eigenvalue weighted by Crippen LogP contribution is -2.40. The van der Waals surface area contributed by atoms with E-state index < -0.39 is 22.5 Å². The van der Waals surface area contributed by atoms with Crippen molar-refractivity contribution >= 4 is 56.6 Å². The molecular formula is C32H27BrClN3O7S. The van der Waals surface area contributed by atoms with Crippen molar-refractivity contribution in [2.75, 3.05) is 13.7 Å². The van der Waals surface area contributed by atoms with Crippen LogP contribution in [0.3, 0.4) is 0 Å². The fourth-order valence-electron chi connectivity index (χ4n) is 4.95. The van der Waals surface area contributed by atoms with E-state index in [1.54, 1.807) is 63.2 Å². The number of aryl methyl sites for hydroxylation is 1. The van der Waals surface area contributed by atoms with Crippen molar-refractivity contribution in [2.24, 2.45) is 4.99 Å². The third kappa shape index (κ3) is 6.58. The zero-order valence-electron chi connectivity index (χ0n) is 24.6. The number of halogens is 2. The van der Waals surface area contributed by atoms with Crippen LogP contribution in [0.25, 0.3) is 6.08 Å². The number of nitro groups is 1. The monoisotopic (exact) mass is 711 g/mol. The largest absolute Gasteiger partial charge is 0.493 e. The average molecular weight is 713 g/mol. The maximum Gasteiger partial charge on any atom is 0.338 e. The van der Waals surface area contributed by atoms with E-state index >= 15 is 0 Å². The van der Waals surface area contributed by atoms with Crippen LogP contribution in [0.5, 0.6) is 11.5 Å². The number of hydrogen-bond acceptors (Lipinski definition) is 9. The predicted molar refractivity (Wildman–Crippen MR) is 175 cm³/mol. The summed E-state index contributed by atoms with van der Waals surface area (Å²) in [5.74, 6) is 0.286. The number of hydrogen-bond donors (Lipinski definition) is 0. The number of rotatable bonds is 9. The summed E-state index contributed by atoms with van der Waals surface area (Å²) in [7, 11) is 1.52. The summed E-state index contributed by atoms with van der Waals surface area (Å²) in [5, 5.41) is 12.4. The number of esters is 1. The molecule has 0 aliphatic carbocycles. The number of benzene rings is 3. The Morgan fingerprint density at radius 2 is 1.91 bits per heavy atom. The zero-order chi connectivity index (χ0) is 32.4. The first-order valence-electron chi connectivity index (χ1n) is 13.7. The molecule has 3 aromatic carbocycles. The van der Waals surface area contributed by atoms with Crippen molar-refractivity contribution in [3.8, 4) is 11.5 Å². The number of aromatic nitrogens is 1. The maximum absolute atomic E-state index is 14.0. The molecule has 0 spiro atoms. The van der Waals surface area contributed by atoms with Gasteiger partial charge < -0.3 is 14.2 Å². The highest BCUT2D eigenvalue weighted by Gasteiger charge is 2.34. The van der Waals surface area contributed by atoms with Gasteiger partial charge in [-0.1, -0.05) is 47.2 Å². The lowest BCUT2D eigenvalue weighted by molar-refractivity contribution is -0.385. The smallest absolute Gasteiger partial charge is 0.338 e. The Morgan fingerprint density at radius 3 is 2.58 bits per heavy atom. The van der Waals surface area contributed by atoms with E-state index in [-0.39, 0.29) is 24.5 Å². The molecule has 45 heavy (non-hydrogen) atoms. The lowest BCUT2D eigenvalue weighted by Gasteiger charge is -2.24. The SMILES string of the molecule is CCOC(=O)C1=C(C)N=c2s/c(=C/c3cc(Br)c(OCc4ccc(Cl)cc4)c(OC)c3)c(=O)n2[C@@H]1c1ccc(C)c([N+](=O)[O-])c1. The number of nitrogens with zero attached hydrogens (tertiary/aromatic N) is 3. The van der Waals surface area contributed by atoms with E-state index in [0.717, 1.165) is 16.9 Å². The average Bonchev–Trinajstić information content (AvgIpc) is 3.30. The lowest BCUT2D eigenvalue weighted by atomic mass is 9.94. The molecule has 4 aromatic rings. The second-order valence-corrected chi connectivity index (χ2v) is 12.4. The van der Waals surface area contributed by atoms with E-state index in [9.17, 15) is 19.7 Å². The maximum atomic E-state index is 14.0. The van der Waals surface area contributed by atoms with Crippen LogP contribution in [0.2, 0.25) is 5.02 Å². The molecule has 10 nitrogen and oxygen atoms in total. The van der Waals surface area contributed by atoms with Crippen molar-refractivity contribution in [3.63, 3.8) is 0 Å². The van der Waals surface area contributed by atoms with Crippen LogP contribution in [-0.4, -0.2) is 29.2 Å². The molecule has 13 heteroatoms. The van der Waals surface area contributed by atoms with Crippen LogP contribution >= 0.6 is 38.9 Å². The summed E-state index contributed by atoms with van der Waals surface area (Å²) in [6, 6.07) is 14.5. The van der Waals surface area contributed by atoms with Gasteiger partial charge in [-0.15, -0.1) is 0 Å². The van der Waals surface area contributed by atoms with E-state index in [4.69, 9.17) is 25.8 Å². The summed E-state index contributed by atoms with van der Waals surface area (Å²) in [6.07, 6.45) is 1.69. The minimum absolute atomic E-state index is 0.108. The quantitative estimate of drug-likeness (QED) is 0.118. The van der Waals surface area contributed by atoms with Gasteiger partial charge in [0.1, 0.15) is 6.61 Å². The molecule has 1 aliphatic heterocycles. The fourth-order valence-corrected chi connectivity index (χ4v) is 6.70. The van der Waals surface area contributed by atoms with Gasteiger partial charge >= 0.3 is 5.97 Å². The number of allylic oxidation sites excluding steroid dienone is 1. The Bertz CT molecular complexity index is 2040. The zero-order valence-corrected chi connectivity index (χ0v) is 27.8. The van der Waals surface area contributed by atoms with Crippen LogP contribution < -0.4 is 24.4 Å². The molecule has 0 amide bonds. The number of carbonyl (C=O) groups is 1. The Kier molecular flexibility index (Phi) is 9.56. The van der Waals surface area contributed by atoms with Gasteiger partial charge in [0.2, 0.25) is 0 Å². The summed E-state index contributed by atoms with van der Waals surface area (Å²) in [4.78, 5) is 43.4. The van der Waals surface area contributed by atoms with E-state index in [1.165, 1.54) is 17.7 Å². The van der Waals surface area contributed by atoms with Gasteiger partial charge in [0.25, 0.3) is 11.2 Å². The highest BCUT2D eigenvalue weighted by atomic mass is 79.9. The van der Waals surface area contributed by atoms with Crippen LogP contribution in [0.1, 0.15) is 42.1 Å². The van der Waals surface area contributed by atoms with Crippen molar-refractivity contribution in [1.82, 2.24) is 4.57 Å². The minimum Gasteiger partial charge on any atom is -0.493 e. The third-order valence-corrected chi connectivity index (χ3v) is 8.93. The van der Waals surface area contributed by atoms with E-state index in [2.05, 4.69) is 20.9 Å². The Balaban J connectivity index is 1.60. The molecule has 0 radical (unpaired) electrons. The molecular weight excluding hydrogens is 686 g/mol. The summed E-state index contributed by atoms with van der Waals surface area (Å²) in [6.45, 7) is 5.35. The van der Waals surface area contributed by atoms with Crippen molar-refractivity contribution < 1.29 is 23.9 Å². The minimum atomic E-state index is -0.980. The highest BCUT2D eigenvalue weighted by molar-refractivity contribution is 9.10. The van der Waals surface area contributed by atoms with Crippen molar-refractivity contribution in [1.29, 1.82) is 0 Å². The Labute approximate surface area is 275 Å². The molecule has 232 valence electrons. The van der Waals surface area contributed by atoms with Crippen LogP contribution in [0.15, 0.2) is 80.1 Å². The molecule has 0 unspecified atom stereocenters.